The van der Waals surface area contributed by atoms with Crippen LogP contribution in [0, 0.1) is 5.92 Å². The lowest BCUT2D eigenvalue weighted by Crippen LogP contribution is -2.46. The molecular formula is C20H32N2O2. The average molecular weight is 332 g/mol. The Morgan fingerprint density at radius 2 is 1.88 bits per heavy atom. The standard InChI is InChI=1S/C20H32N2O2/c1-16-5-3-4-6-19(16)21-15-20(22-11-13-24-14-12-22)17-7-9-18(23-2)10-8-17/h7-10,16,19-21H,3-6,11-15H2,1-2H3. The summed E-state index contributed by atoms with van der Waals surface area (Å²) in [5.74, 6) is 1.72. The lowest BCUT2D eigenvalue weighted by molar-refractivity contribution is 0.0149. The Hall–Kier alpha value is -1.10. The Labute approximate surface area is 146 Å². The van der Waals surface area contributed by atoms with Gasteiger partial charge in [0.2, 0.25) is 0 Å². The number of ether oxygens (including phenoxy) is 2. The van der Waals surface area contributed by atoms with Gasteiger partial charge in [0.15, 0.2) is 0 Å². The first-order valence-electron chi connectivity index (χ1n) is 9.47. The second-order valence-corrected chi connectivity index (χ2v) is 7.21. The molecule has 1 aromatic rings. The van der Waals surface area contributed by atoms with Gasteiger partial charge in [-0.05, 0) is 36.5 Å². The normalized spacial score (nSPS) is 26.9. The van der Waals surface area contributed by atoms with Crippen LogP contribution in [0.1, 0.15) is 44.2 Å². The number of morpholine rings is 1. The van der Waals surface area contributed by atoms with Gasteiger partial charge in [0.05, 0.1) is 20.3 Å². The lowest BCUT2D eigenvalue weighted by Gasteiger charge is -2.37. The Morgan fingerprint density at radius 1 is 1.17 bits per heavy atom. The zero-order valence-electron chi connectivity index (χ0n) is 15.2. The van der Waals surface area contributed by atoms with Crippen LogP contribution in [0.3, 0.4) is 0 Å². The fourth-order valence-electron chi connectivity index (χ4n) is 4.06. The molecule has 0 bridgehead atoms. The summed E-state index contributed by atoms with van der Waals surface area (Å²) < 4.78 is 10.9. The molecule has 1 saturated heterocycles. The van der Waals surface area contributed by atoms with E-state index in [0.29, 0.717) is 12.1 Å². The van der Waals surface area contributed by atoms with Gasteiger partial charge in [-0.25, -0.2) is 0 Å². The van der Waals surface area contributed by atoms with Gasteiger partial charge in [0.1, 0.15) is 5.75 Å². The van der Waals surface area contributed by atoms with Crippen LogP contribution in [0.4, 0.5) is 0 Å². The molecule has 1 aliphatic heterocycles. The zero-order chi connectivity index (χ0) is 16.8. The van der Waals surface area contributed by atoms with Crippen molar-refractivity contribution in [2.24, 2.45) is 5.92 Å². The molecule has 4 heteroatoms. The Morgan fingerprint density at radius 3 is 2.54 bits per heavy atom. The molecule has 1 aliphatic carbocycles. The van der Waals surface area contributed by atoms with Gasteiger partial charge in [-0.2, -0.15) is 0 Å². The largest absolute Gasteiger partial charge is 0.497 e. The van der Waals surface area contributed by atoms with E-state index in [1.165, 1.54) is 31.2 Å². The van der Waals surface area contributed by atoms with E-state index in [1.807, 2.05) is 0 Å². The molecule has 134 valence electrons. The second-order valence-electron chi connectivity index (χ2n) is 7.21. The summed E-state index contributed by atoms with van der Waals surface area (Å²) in [5.41, 5.74) is 1.37. The zero-order valence-corrected chi connectivity index (χ0v) is 15.2. The summed E-state index contributed by atoms with van der Waals surface area (Å²) in [4.78, 5) is 2.56. The maximum atomic E-state index is 5.55. The summed E-state index contributed by atoms with van der Waals surface area (Å²) in [7, 11) is 1.72. The minimum Gasteiger partial charge on any atom is -0.497 e. The number of nitrogens with zero attached hydrogens (tertiary/aromatic N) is 1. The van der Waals surface area contributed by atoms with Crippen molar-refractivity contribution in [3.8, 4) is 5.75 Å². The van der Waals surface area contributed by atoms with Crippen molar-refractivity contribution in [2.45, 2.75) is 44.7 Å². The number of benzene rings is 1. The molecule has 2 aliphatic rings. The van der Waals surface area contributed by atoms with E-state index in [2.05, 4.69) is 41.4 Å². The van der Waals surface area contributed by atoms with Crippen LogP contribution in [0.15, 0.2) is 24.3 Å². The Bertz CT molecular complexity index is 485. The molecule has 3 atom stereocenters. The van der Waals surface area contributed by atoms with Crippen molar-refractivity contribution >= 4 is 0 Å². The highest BCUT2D eigenvalue weighted by Crippen LogP contribution is 2.27. The third-order valence-corrected chi connectivity index (χ3v) is 5.67. The van der Waals surface area contributed by atoms with Crippen molar-refractivity contribution in [1.29, 1.82) is 0 Å². The Balaban J connectivity index is 1.68. The maximum absolute atomic E-state index is 5.55. The van der Waals surface area contributed by atoms with Gasteiger partial charge < -0.3 is 14.8 Å². The highest BCUT2D eigenvalue weighted by Gasteiger charge is 2.26. The van der Waals surface area contributed by atoms with Crippen LogP contribution in [-0.2, 0) is 4.74 Å². The quantitative estimate of drug-likeness (QED) is 0.867. The highest BCUT2D eigenvalue weighted by atomic mass is 16.5. The molecule has 24 heavy (non-hydrogen) atoms. The van der Waals surface area contributed by atoms with Crippen molar-refractivity contribution in [1.82, 2.24) is 10.2 Å². The fraction of sp³-hybridized carbons (Fsp3) is 0.700. The molecule has 1 heterocycles. The van der Waals surface area contributed by atoms with Gasteiger partial charge in [-0.1, -0.05) is 31.9 Å². The SMILES string of the molecule is COc1ccc(C(CNC2CCCCC2C)N2CCOCC2)cc1. The molecule has 3 rings (SSSR count). The minimum absolute atomic E-state index is 0.411. The maximum Gasteiger partial charge on any atom is 0.118 e. The second kappa shape index (κ2) is 8.84. The van der Waals surface area contributed by atoms with Crippen molar-refractivity contribution in [3.63, 3.8) is 0 Å². The number of rotatable bonds is 6. The van der Waals surface area contributed by atoms with Gasteiger partial charge >= 0.3 is 0 Å². The number of nitrogens with one attached hydrogen (secondary N) is 1. The van der Waals surface area contributed by atoms with E-state index in [9.17, 15) is 0 Å². The third-order valence-electron chi connectivity index (χ3n) is 5.67. The van der Waals surface area contributed by atoms with Crippen LogP contribution < -0.4 is 10.1 Å². The van der Waals surface area contributed by atoms with E-state index in [0.717, 1.165) is 44.5 Å². The lowest BCUT2D eigenvalue weighted by atomic mass is 9.85. The van der Waals surface area contributed by atoms with E-state index < -0.39 is 0 Å². The summed E-state index contributed by atoms with van der Waals surface area (Å²) in [6.07, 6.45) is 5.44. The summed E-state index contributed by atoms with van der Waals surface area (Å²) in [5, 5.41) is 3.88. The highest BCUT2D eigenvalue weighted by molar-refractivity contribution is 5.29. The molecule has 0 aromatic heterocycles. The molecule has 1 saturated carbocycles. The van der Waals surface area contributed by atoms with Gasteiger partial charge in [-0.3, -0.25) is 4.90 Å². The molecule has 0 amide bonds. The predicted molar refractivity (Wildman–Crippen MR) is 97.5 cm³/mol. The van der Waals surface area contributed by atoms with Gasteiger partial charge in [0.25, 0.3) is 0 Å². The monoisotopic (exact) mass is 332 g/mol. The number of methoxy groups -OCH3 is 1. The van der Waals surface area contributed by atoms with Crippen molar-refractivity contribution in [3.05, 3.63) is 29.8 Å². The van der Waals surface area contributed by atoms with E-state index in [4.69, 9.17) is 9.47 Å². The molecule has 1 N–H and O–H groups in total. The number of hydrogen-bond acceptors (Lipinski definition) is 4. The van der Waals surface area contributed by atoms with Crippen molar-refractivity contribution < 1.29 is 9.47 Å². The first kappa shape index (κ1) is 17.7. The molecule has 2 fully saturated rings. The van der Waals surface area contributed by atoms with Gasteiger partial charge in [0, 0.05) is 31.7 Å². The van der Waals surface area contributed by atoms with E-state index in [-0.39, 0.29) is 0 Å². The topological polar surface area (TPSA) is 33.7 Å². The van der Waals surface area contributed by atoms with Crippen LogP contribution in [0.5, 0.6) is 5.75 Å². The van der Waals surface area contributed by atoms with Crippen LogP contribution in [0.25, 0.3) is 0 Å². The fourth-order valence-corrected chi connectivity index (χ4v) is 4.06. The van der Waals surface area contributed by atoms with Crippen molar-refractivity contribution in [2.75, 3.05) is 40.0 Å². The van der Waals surface area contributed by atoms with Crippen LogP contribution in [-0.4, -0.2) is 50.9 Å². The Kier molecular flexibility index (Phi) is 6.52. The average Bonchev–Trinajstić information content (AvgIpc) is 2.65. The third kappa shape index (κ3) is 4.50. The molecule has 0 spiro atoms. The van der Waals surface area contributed by atoms with E-state index >= 15 is 0 Å². The first-order valence-corrected chi connectivity index (χ1v) is 9.47. The summed E-state index contributed by atoms with van der Waals surface area (Å²) in [6.45, 7) is 7.12. The van der Waals surface area contributed by atoms with Crippen LogP contribution in [0.2, 0.25) is 0 Å². The molecule has 1 aromatic carbocycles. The molecule has 0 radical (unpaired) electrons. The molecular weight excluding hydrogens is 300 g/mol. The minimum atomic E-state index is 0.411. The first-order chi connectivity index (χ1) is 11.8. The summed E-state index contributed by atoms with van der Waals surface area (Å²) >= 11 is 0. The smallest absolute Gasteiger partial charge is 0.118 e. The molecule has 3 unspecified atom stereocenters. The predicted octanol–water partition coefficient (Wildman–Crippen LogP) is 3.24. The molecule has 4 nitrogen and oxygen atoms in total. The van der Waals surface area contributed by atoms with Gasteiger partial charge in [-0.15, -0.1) is 0 Å². The number of hydrogen-bond donors (Lipinski definition) is 1. The van der Waals surface area contributed by atoms with E-state index in [1.54, 1.807) is 7.11 Å². The van der Waals surface area contributed by atoms with Crippen LogP contribution >= 0.6 is 0 Å². The summed E-state index contributed by atoms with van der Waals surface area (Å²) in [6, 6.07) is 9.66.